The van der Waals surface area contributed by atoms with E-state index < -0.39 is 11.9 Å². The molecule has 0 fully saturated rings. The molecule has 0 aliphatic rings. The number of aromatic carboxylic acids is 1. The van der Waals surface area contributed by atoms with Crippen molar-refractivity contribution in [3.05, 3.63) is 30.2 Å². The molecule has 0 bridgehead atoms. The Morgan fingerprint density at radius 3 is 2.56 bits per heavy atom. The van der Waals surface area contributed by atoms with Gasteiger partial charge in [0.15, 0.2) is 0 Å². The molecule has 16 heavy (non-hydrogen) atoms. The Balaban J connectivity index is 2.31. The Bertz CT molecular complexity index is 504. The van der Waals surface area contributed by atoms with Crippen LogP contribution in [0.2, 0.25) is 0 Å². The maximum absolute atomic E-state index is 10.5. The summed E-state index contributed by atoms with van der Waals surface area (Å²) in [5.74, 6) is -0.733. The summed E-state index contributed by atoms with van der Waals surface area (Å²) in [6.45, 7) is 0. The third-order valence-electron chi connectivity index (χ3n) is 1.96. The Hall–Kier alpha value is -2.37. The van der Waals surface area contributed by atoms with Gasteiger partial charge in [-0.3, -0.25) is 0 Å². The third kappa shape index (κ3) is 1.85. The second-order valence-electron chi connectivity index (χ2n) is 2.96. The second kappa shape index (κ2) is 4.01. The van der Waals surface area contributed by atoms with E-state index in [0.717, 1.165) is 0 Å². The van der Waals surface area contributed by atoms with Crippen LogP contribution in [-0.2, 0) is 0 Å². The quantitative estimate of drug-likeness (QED) is 0.842. The molecule has 82 valence electrons. The minimum Gasteiger partial charge on any atom is -0.497 e. The molecule has 1 aromatic carbocycles. The number of hydrogen-bond donors (Lipinski definition) is 1. The fourth-order valence-corrected chi connectivity index (χ4v) is 1.17. The third-order valence-corrected chi connectivity index (χ3v) is 1.96. The summed E-state index contributed by atoms with van der Waals surface area (Å²) in [5.41, 5.74) is 0.664. The van der Waals surface area contributed by atoms with Crippen molar-refractivity contribution < 1.29 is 19.2 Å². The number of carboxylic acid groups (broad SMARTS) is 1. The summed E-state index contributed by atoms with van der Waals surface area (Å²) in [7, 11) is 1.56. The number of carbonyl (C=O) groups is 1. The van der Waals surface area contributed by atoms with Crippen LogP contribution in [0.3, 0.4) is 0 Å². The molecule has 0 aliphatic carbocycles. The first-order valence-electron chi connectivity index (χ1n) is 4.42. The van der Waals surface area contributed by atoms with Gasteiger partial charge in [-0.05, 0) is 24.3 Å². The minimum atomic E-state index is -1.24. The van der Waals surface area contributed by atoms with Crippen molar-refractivity contribution in [2.45, 2.75) is 0 Å². The Morgan fingerprint density at radius 2 is 2.06 bits per heavy atom. The van der Waals surface area contributed by atoms with Crippen LogP contribution in [0.1, 0.15) is 10.7 Å². The summed E-state index contributed by atoms with van der Waals surface area (Å²) >= 11 is 0. The summed E-state index contributed by atoms with van der Waals surface area (Å²) in [6, 6.07) is 6.89. The van der Waals surface area contributed by atoms with E-state index in [4.69, 9.17) is 9.84 Å². The van der Waals surface area contributed by atoms with Crippen molar-refractivity contribution in [1.82, 2.24) is 10.1 Å². The molecular formula is C10H8N2O4. The lowest BCUT2D eigenvalue weighted by atomic mass is 10.2. The first kappa shape index (κ1) is 10.2. The highest BCUT2D eigenvalue weighted by molar-refractivity contribution is 5.82. The van der Waals surface area contributed by atoms with Crippen molar-refractivity contribution in [1.29, 1.82) is 0 Å². The molecule has 0 atom stereocenters. The van der Waals surface area contributed by atoms with Gasteiger partial charge in [0.25, 0.3) is 0 Å². The molecular weight excluding hydrogens is 212 g/mol. The molecule has 6 heteroatoms. The summed E-state index contributed by atoms with van der Waals surface area (Å²) in [6.07, 6.45) is 0. The van der Waals surface area contributed by atoms with Crippen molar-refractivity contribution in [3.63, 3.8) is 0 Å². The van der Waals surface area contributed by atoms with Gasteiger partial charge in [-0.2, -0.15) is 4.98 Å². The Kier molecular flexibility index (Phi) is 2.55. The first-order chi connectivity index (χ1) is 7.70. The number of nitrogens with zero attached hydrogens (tertiary/aromatic N) is 2. The zero-order valence-corrected chi connectivity index (χ0v) is 8.38. The van der Waals surface area contributed by atoms with E-state index in [9.17, 15) is 4.79 Å². The first-order valence-corrected chi connectivity index (χ1v) is 4.42. The van der Waals surface area contributed by atoms with E-state index >= 15 is 0 Å². The summed E-state index contributed by atoms with van der Waals surface area (Å²) < 4.78 is 9.54. The molecule has 0 aliphatic heterocycles. The minimum absolute atomic E-state index is 0.236. The van der Waals surface area contributed by atoms with E-state index in [1.807, 2.05) is 0 Å². The fourth-order valence-electron chi connectivity index (χ4n) is 1.17. The fraction of sp³-hybridized carbons (Fsp3) is 0.100. The van der Waals surface area contributed by atoms with E-state index in [1.165, 1.54) is 0 Å². The van der Waals surface area contributed by atoms with Gasteiger partial charge in [0.2, 0.25) is 5.82 Å². The van der Waals surface area contributed by atoms with E-state index in [1.54, 1.807) is 31.4 Å². The number of rotatable bonds is 3. The van der Waals surface area contributed by atoms with Crippen LogP contribution in [0.4, 0.5) is 0 Å². The smallest absolute Gasteiger partial charge is 0.394 e. The molecule has 0 unspecified atom stereocenters. The average molecular weight is 220 g/mol. The molecule has 0 saturated carbocycles. The number of ether oxygens (including phenoxy) is 1. The van der Waals surface area contributed by atoms with Gasteiger partial charge in [0.1, 0.15) is 5.75 Å². The highest BCUT2D eigenvalue weighted by Gasteiger charge is 2.14. The van der Waals surface area contributed by atoms with Gasteiger partial charge in [-0.15, -0.1) is 0 Å². The number of aromatic nitrogens is 2. The predicted octanol–water partition coefficient (Wildman–Crippen LogP) is 1.44. The van der Waals surface area contributed by atoms with Crippen LogP contribution in [0.15, 0.2) is 28.8 Å². The molecule has 0 spiro atoms. The van der Waals surface area contributed by atoms with Crippen LogP contribution >= 0.6 is 0 Å². The number of carboxylic acids is 1. The SMILES string of the molecule is COc1ccc(-c2noc(C(=O)O)n2)cc1. The highest BCUT2D eigenvalue weighted by Crippen LogP contribution is 2.19. The highest BCUT2D eigenvalue weighted by atomic mass is 16.5. The summed E-state index contributed by atoms with van der Waals surface area (Å²) in [5, 5.41) is 12.2. The molecule has 1 aromatic heterocycles. The van der Waals surface area contributed by atoms with Crippen molar-refractivity contribution in [2.24, 2.45) is 0 Å². The molecule has 2 rings (SSSR count). The number of benzene rings is 1. The van der Waals surface area contributed by atoms with Crippen LogP contribution in [-0.4, -0.2) is 28.3 Å². The van der Waals surface area contributed by atoms with Gasteiger partial charge in [-0.25, -0.2) is 4.79 Å². The predicted molar refractivity (Wildman–Crippen MR) is 53.2 cm³/mol. The standard InChI is InChI=1S/C10H8N2O4/c1-15-7-4-2-6(3-5-7)8-11-9(10(13)14)16-12-8/h2-5H,1H3,(H,13,14). The van der Waals surface area contributed by atoms with E-state index in [-0.39, 0.29) is 5.82 Å². The van der Waals surface area contributed by atoms with Gasteiger partial charge in [0.05, 0.1) is 7.11 Å². The normalized spacial score (nSPS) is 10.1. The monoisotopic (exact) mass is 220 g/mol. The Morgan fingerprint density at radius 1 is 1.38 bits per heavy atom. The topological polar surface area (TPSA) is 85.5 Å². The van der Waals surface area contributed by atoms with Crippen molar-refractivity contribution in [3.8, 4) is 17.1 Å². The van der Waals surface area contributed by atoms with Crippen LogP contribution in [0, 0.1) is 0 Å². The molecule has 1 heterocycles. The second-order valence-corrected chi connectivity index (χ2v) is 2.96. The largest absolute Gasteiger partial charge is 0.497 e. The van der Waals surface area contributed by atoms with Crippen molar-refractivity contribution >= 4 is 5.97 Å². The lowest BCUT2D eigenvalue weighted by Gasteiger charge is -1.98. The summed E-state index contributed by atoms with van der Waals surface area (Å²) in [4.78, 5) is 14.2. The lowest BCUT2D eigenvalue weighted by Crippen LogP contribution is -1.95. The zero-order chi connectivity index (χ0) is 11.5. The van der Waals surface area contributed by atoms with Gasteiger partial charge >= 0.3 is 11.9 Å². The van der Waals surface area contributed by atoms with Crippen LogP contribution < -0.4 is 4.74 Å². The van der Waals surface area contributed by atoms with E-state index in [2.05, 4.69) is 14.7 Å². The van der Waals surface area contributed by atoms with Gasteiger partial charge in [0, 0.05) is 5.56 Å². The van der Waals surface area contributed by atoms with Crippen molar-refractivity contribution in [2.75, 3.05) is 7.11 Å². The van der Waals surface area contributed by atoms with Crippen LogP contribution in [0.25, 0.3) is 11.4 Å². The maximum atomic E-state index is 10.5. The molecule has 1 N–H and O–H groups in total. The van der Waals surface area contributed by atoms with E-state index in [0.29, 0.717) is 11.3 Å². The molecule has 6 nitrogen and oxygen atoms in total. The molecule has 0 amide bonds. The zero-order valence-electron chi connectivity index (χ0n) is 8.38. The average Bonchev–Trinajstić information content (AvgIpc) is 2.78. The molecule has 0 radical (unpaired) electrons. The van der Waals surface area contributed by atoms with Gasteiger partial charge < -0.3 is 14.4 Å². The lowest BCUT2D eigenvalue weighted by molar-refractivity contribution is 0.0643. The maximum Gasteiger partial charge on any atom is 0.394 e. The molecule has 0 saturated heterocycles. The molecule has 2 aromatic rings. The number of methoxy groups -OCH3 is 1. The van der Waals surface area contributed by atoms with Crippen LogP contribution in [0.5, 0.6) is 5.75 Å². The Labute approximate surface area is 90.5 Å². The number of hydrogen-bond acceptors (Lipinski definition) is 5. The van der Waals surface area contributed by atoms with Gasteiger partial charge in [-0.1, -0.05) is 5.16 Å².